The van der Waals surface area contributed by atoms with E-state index in [9.17, 15) is 19.4 Å². The largest absolute Gasteiger partial charge is 0.472 e. The topological polar surface area (TPSA) is 131 Å². The van der Waals surface area contributed by atoms with E-state index in [1.165, 1.54) is 109 Å². The van der Waals surface area contributed by atoms with Gasteiger partial charge in [0.25, 0.3) is 0 Å². The molecule has 0 aliphatic heterocycles. The third-order valence-electron chi connectivity index (χ3n) is 9.60. The molecule has 0 aromatic heterocycles. The van der Waals surface area contributed by atoms with E-state index < -0.39 is 20.0 Å². The van der Waals surface area contributed by atoms with E-state index in [1.54, 1.807) is 6.08 Å². The predicted octanol–water partition coefficient (Wildman–Crippen LogP) is 12.7. The minimum Gasteiger partial charge on any atom is -0.387 e. The van der Waals surface area contributed by atoms with E-state index in [-0.39, 0.29) is 25.7 Å². The first-order chi connectivity index (χ1) is 26.9. The van der Waals surface area contributed by atoms with E-state index >= 15 is 0 Å². The summed E-state index contributed by atoms with van der Waals surface area (Å²) in [4.78, 5) is 22.7. The first-order valence-corrected chi connectivity index (χ1v) is 23.9. The highest BCUT2D eigenvalue weighted by atomic mass is 31.2. The average molecular weight is 793 g/mol. The number of nitrogens with two attached hydrogens (primary N) is 1. The fraction of sp³-hybridized carbons (Fsp3) is 0.761. The van der Waals surface area contributed by atoms with Gasteiger partial charge in [0, 0.05) is 13.0 Å². The average Bonchev–Trinajstić information content (AvgIpc) is 3.17. The molecule has 0 aromatic carbocycles. The summed E-state index contributed by atoms with van der Waals surface area (Å²) in [5, 5.41) is 13.7. The van der Waals surface area contributed by atoms with Crippen LogP contribution in [0.1, 0.15) is 194 Å². The lowest BCUT2D eigenvalue weighted by Crippen LogP contribution is -2.45. The van der Waals surface area contributed by atoms with Crippen LogP contribution in [0.3, 0.4) is 0 Å². The zero-order valence-corrected chi connectivity index (χ0v) is 36.3. The number of hydrogen-bond acceptors (Lipinski definition) is 6. The van der Waals surface area contributed by atoms with Crippen LogP contribution in [0.5, 0.6) is 0 Å². The molecule has 0 spiro atoms. The van der Waals surface area contributed by atoms with Gasteiger partial charge in [0.15, 0.2) is 0 Å². The minimum absolute atomic E-state index is 0.0693. The number of allylic oxidation sites excluding steroid dienone is 9. The molecule has 0 saturated carbocycles. The van der Waals surface area contributed by atoms with Gasteiger partial charge in [0.05, 0.1) is 25.4 Å². The number of unbranched alkanes of at least 4 members (excludes halogenated alkanes) is 21. The van der Waals surface area contributed by atoms with Crippen LogP contribution in [0.25, 0.3) is 0 Å². The third-order valence-corrected chi connectivity index (χ3v) is 10.6. The van der Waals surface area contributed by atoms with Gasteiger partial charge in [0.1, 0.15) is 0 Å². The van der Waals surface area contributed by atoms with Gasteiger partial charge in [-0.3, -0.25) is 13.8 Å². The number of nitrogens with one attached hydrogen (secondary N) is 1. The fourth-order valence-corrected chi connectivity index (χ4v) is 7.00. The fourth-order valence-electron chi connectivity index (χ4n) is 6.24. The summed E-state index contributed by atoms with van der Waals surface area (Å²) in [7, 11) is -4.35. The molecule has 0 saturated heterocycles. The Morgan fingerprint density at radius 2 is 1.05 bits per heavy atom. The van der Waals surface area contributed by atoms with Crippen LogP contribution in [0.2, 0.25) is 0 Å². The maximum absolute atomic E-state index is 12.7. The number of aliphatic hydroxyl groups excluding tert-OH is 1. The number of phosphoric ester groups is 1. The number of carbonyl (C=O) groups excluding carboxylic acids is 1. The lowest BCUT2D eigenvalue weighted by molar-refractivity contribution is -0.123. The number of aliphatic hydroxyl groups is 1. The van der Waals surface area contributed by atoms with Crippen molar-refractivity contribution in [1.29, 1.82) is 0 Å². The monoisotopic (exact) mass is 793 g/mol. The molecule has 1 amide bonds. The van der Waals surface area contributed by atoms with E-state index in [1.807, 2.05) is 6.08 Å². The Kier molecular flexibility index (Phi) is 40.5. The summed E-state index contributed by atoms with van der Waals surface area (Å²) in [5.41, 5.74) is 5.37. The smallest absolute Gasteiger partial charge is 0.387 e. The second-order valence-corrected chi connectivity index (χ2v) is 16.3. The number of hydrogen-bond donors (Lipinski definition) is 4. The van der Waals surface area contributed by atoms with Gasteiger partial charge < -0.3 is 21.1 Å². The molecule has 0 rings (SSSR count). The SMILES string of the molecule is CC/C=C\C/C=C\C/C=C\C/C=C\CCCCC(=O)NC(COP(=O)(O)OCCN)C(O)/C=C/CCCCCCCCCCCCCCCCCCCCC. The van der Waals surface area contributed by atoms with Gasteiger partial charge in [-0.25, -0.2) is 4.57 Å². The van der Waals surface area contributed by atoms with Crippen molar-refractivity contribution < 1.29 is 28.4 Å². The second kappa shape index (κ2) is 41.8. The van der Waals surface area contributed by atoms with Gasteiger partial charge in [0.2, 0.25) is 5.91 Å². The molecule has 5 N–H and O–H groups in total. The first-order valence-electron chi connectivity index (χ1n) is 22.4. The molecular weight excluding hydrogens is 707 g/mol. The summed E-state index contributed by atoms with van der Waals surface area (Å²) in [6.45, 7) is 3.99. The molecular formula is C46H85N2O6P. The molecule has 55 heavy (non-hydrogen) atoms. The van der Waals surface area contributed by atoms with Crippen LogP contribution in [0.15, 0.2) is 60.8 Å². The molecule has 3 unspecified atom stereocenters. The molecule has 0 aliphatic rings. The number of carbonyl (C=O) groups is 1. The van der Waals surface area contributed by atoms with E-state index in [4.69, 9.17) is 14.8 Å². The van der Waals surface area contributed by atoms with E-state index in [0.29, 0.717) is 12.8 Å². The van der Waals surface area contributed by atoms with Crippen LogP contribution in [0.4, 0.5) is 0 Å². The Bertz CT molecular complexity index is 1040. The van der Waals surface area contributed by atoms with Crippen LogP contribution in [-0.4, -0.2) is 47.8 Å². The van der Waals surface area contributed by atoms with Crippen LogP contribution >= 0.6 is 7.82 Å². The molecule has 8 nitrogen and oxygen atoms in total. The van der Waals surface area contributed by atoms with Crippen LogP contribution < -0.4 is 11.1 Å². The molecule has 0 radical (unpaired) electrons. The van der Waals surface area contributed by atoms with Gasteiger partial charge in [-0.1, -0.05) is 190 Å². The highest BCUT2D eigenvalue weighted by Crippen LogP contribution is 2.43. The van der Waals surface area contributed by atoms with E-state index in [0.717, 1.165) is 57.8 Å². The van der Waals surface area contributed by atoms with Gasteiger partial charge in [-0.05, 0) is 57.8 Å². The third kappa shape index (κ3) is 40.2. The summed E-state index contributed by atoms with van der Waals surface area (Å²) < 4.78 is 22.1. The van der Waals surface area contributed by atoms with Gasteiger partial charge in [-0.15, -0.1) is 0 Å². The zero-order valence-electron chi connectivity index (χ0n) is 35.4. The molecule has 0 heterocycles. The van der Waals surface area contributed by atoms with Crippen LogP contribution in [-0.2, 0) is 18.4 Å². The Morgan fingerprint density at radius 1 is 0.618 bits per heavy atom. The normalized spacial score (nSPS) is 14.6. The molecule has 0 aromatic rings. The molecule has 9 heteroatoms. The standard InChI is InChI=1S/C46H85N2O6P/c1-3-5-7-9-11-13-15-17-19-20-21-22-23-24-26-27-29-31-33-35-37-39-45(49)44(43-54-55(51,52)53-42-41-47)48-46(50)40-38-36-34-32-30-28-25-18-16-14-12-10-8-6-4-2/h6,8,12,14,18,25,30,32,37,39,44-45,49H,3-5,7,9-11,13,15-17,19-24,26-29,31,33-36,38,40-43,47H2,1-2H3,(H,48,50)(H,51,52)/b8-6-,14-12-,25-18-,32-30-,39-37+. The predicted molar refractivity (Wildman–Crippen MR) is 235 cm³/mol. The lowest BCUT2D eigenvalue weighted by Gasteiger charge is -2.23. The Hall–Kier alpha value is -1.80. The second-order valence-electron chi connectivity index (χ2n) is 14.9. The van der Waals surface area contributed by atoms with E-state index in [2.05, 4.69) is 67.8 Å². The van der Waals surface area contributed by atoms with Crippen molar-refractivity contribution in [2.75, 3.05) is 19.8 Å². The van der Waals surface area contributed by atoms with Gasteiger partial charge in [-0.2, -0.15) is 0 Å². The van der Waals surface area contributed by atoms with Crippen molar-refractivity contribution in [3.63, 3.8) is 0 Å². The number of amides is 1. The summed E-state index contributed by atoms with van der Waals surface area (Å²) in [5.74, 6) is -0.236. The molecule has 320 valence electrons. The highest BCUT2D eigenvalue weighted by molar-refractivity contribution is 7.47. The van der Waals surface area contributed by atoms with Crippen molar-refractivity contribution >= 4 is 13.7 Å². The minimum atomic E-state index is -4.35. The Balaban J connectivity index is 4.24. The van der Waals surface area contributed by atoms with Crippen molar-refractivity contribution in [3.05, 3.63) is 60.8 Å². The maximum atomic E-state index is 12.7. The summed E-state index contributed by atoms with van der Waals surface area (Å²) in [6, 6.07) is -0.884. The lowest BCUT2D eigenvalue weighted by atomic mass is 10.0. The van der Waals surface area contributed by atoms with Crippen LogP contribution in [0, 0.1) is 0 Å². The first kappa shape index (κ1) is 53.2. The molecule has 0 fully saturated rings. The molecule has 0 bridgehead atoms. The van der Waals surface area contributed by atoms with Crippen molar-refractivity contribution in [2.24, 2.45) is 5.73 Å². The van der Waals surface area contributed by atoms with Crippen molar-refractivity contribution in [2.45, 2.75) is 206 Å². The zero-order chi connectivity index (χ0) is 40.3. The molecule has 3 atom stereocenters. The van der Waals surface area contributed by atoms with Crippen molar-refractivity contribution in [3.8, 4) is 0 Å². The quantitative estimate of drug-likeness (QED) is 0.0275. The maximum Gasteiger partial charge on any atom is 0.472 e. The number of phosphoric acid groups is 1. The number of rotatable bonds is 41. The Morgan fingerprint density at radius 3 is 1.55 bits per heavy atom. The Labute approximate surface area is 338 Å². The highest BCUT2D eigenvalue weighted by Gasteiger charge is 2.26. The summed E-state index contributed by atoms with van der Waals surface area (Å²) >= 11 is 0. The van der Waals surface area contributed by atoms with Crippen molar-refractivity contribution in [1.82, 2.24) is 5.32 Å². The molecule has 0 aliphatic carbocycles. The van der Waals surface area contributed by atoms with Gasteiger partial charge >= 0.3 is 7.82 Å². The summed E-state index contributed by atoms with van der Waals surface area (Å²) in [6.07, 6.45) is 52.8.